The first-order chi connectivity index (χ1) is 5.99. The summed E-state index contributed by atoms with van der Waals surface area (Å²) >= 11 is 1.26. The summed E-state index contributed by atoms with van der Waals surface area (Å²) in [5, 5.41) is 3.98. The van der Waals surface area contributed by atoms with Crippen LogP contribution in [0.5, 0.6) is 0 Å². The molecule has 1 rings (SSSR count). The van der Waals surface area contributed by atoms with E-state index in [-0.39, 0.29) is 0 Å². The van der Waals surface area contributed by atoms with Gasteiger partial charge in [-0.05, 0) is 13.2 Å². The fourth-order valence-corrected chi connectivity index (χ4v) is 1.54. The van der Waals surface area contributed by atoms with Crippen molar-refractivity contribution < 1.29 is 13.2 Å². The Morgan fingerprint density at radius 3 is 2.46 bits per heavy atom. The monoisotopic (exact) mass is 210 g/mol. The molecular weight excluding hydrogens is 201 g/mol. The molecule has 1 heterocycles. The quantitative estimate of drug-likeness (QED) is 0.698. The molecule has 0 unspecified atom stereocenters. The molecule has 1 aromatic rings. The van der Waals surface area contributed by atoms with Crippen LogP contribution in [-0.4, -0.2) is 16.0 Å². The fourth-order valence-electron chi connectivity index (χ4n) is 0.929. The van der Waals surface area contributed by atoms with Crippen molar-refractivity contribution in [3.8, 4) is 0 Å². The summed E-state index contributed by atoms with van der Waals surface area (Å²) in [6.07, 6.45) is -2.62. The lowest BCUT2D eigenvalue weighted by Gasteiger charge is -2.00. The van der Waals surface area contributed by atoms with Crippen molar-refractivity contribution in [1.82, 2.24) is 9.78 Å². The second-order valence-electron chi connectivity index (χ2n) is 2.39. The van der Waals surface area contributed by atoms with Gasteiger partial charge in [-0.2, -0.15) is 18.3 Å². The van der Waals surface area contributed by atoms with Crippen molar-refractivity contribution in [3.63, 3.8) is 0 Å². The van der Waals surface area contributed by atoms with E-state index in [1.807, 2.05) is 0 Å². The molecule has 0 amide bonds. The number of halogens is 3. The third kappa shape index (κ3) is 2.18. The van der Waals surface area contributed by atoms with Crippen LogP contribution >= 0.6 is 11.8 Å². The normalized spacial score (nSPS) is 12.1. The van der Waals surface area contributed by atoms with E-state index in [1.165, 1.54) is 16.4 Å². The van der Waals surface area contributed by atoms with E-state index < -0.39 is 11.9 Å². The third-order valence-corrected chi connectivity index (χ3v) is 2.29. The van der Waals surface area contributed by atoms with Crippen LogP contribution in [0.25, 0.3) is 0 Å². The number of aryl methyl sites for hydroxylation is 1. The molecule has 0 saturated carbocycles. The highest BCUT2D eigenvalue weighted by Gasteiger charge is 2.34. The number of nitrogens with zero attached hydrogens (tertiary/aromatic N) is 2. The first-order valence-electron chi connectivity index (χ1n) is 3.68. The molecule has 6 heteroatoms. The Balaban J connectivity index is 3.07. The number of hydrogen-bond donors (Lipinski definition) is 0. The zero-order chi connectivity index (χ0) is 10.1. The Bertz CT molecular complexity index is 271. The number of aromatic nitrogens is 2. The van der Waals surface area contributed by atoms with Gasteiger partial charge in [-0.1, -0.05) is 0 Å². The van der Waals surface area contributed by atoms with Crippen molar-refractivity contribution in [3.05, 3.63) is 11.8 Å². The molecule has 0 radical (unpaired) electrons. The topological polar surface area (TPSA) is 17.8 Å². The molecule has 0 aliphatic rings. The lowest BCUT2D eigenvalue weighted by Crippen LogP contribution is -2.07. The molecule has 0 N–H and O–H groups in total. The molecule has 74 valence electrons. The Morgan fingerprint density at radius 1 is 1.54 bits per heavy atom. The molecule has 1 aromatic heterocycles. The lowest BCUT2D eigenvalue weighted by atomic mass is 10.4. The average molecular weight is 210 g/mol. The molecule has 2 nitrogen and oxygen atoms in total. The number of alkyl halides is 3. The molecule has 0 bridgehead atoms. The molecule has 0 saturated heterocycles. The molecular formula is C7H9F3N2S. The minimum absolute atomic E-state index is 0.451. The van der Waals surface area contributed by atoms with E-state index in [1.54, 1.807) is 13.2 Å². The third-order valence-electron chi connectivity index (χ3n) is 1.54. The van der Waals surface area contributed by atoms with Crippen molar-refractivity contribution >= 4 is 11.8 Å². The Labute approximate surface area is 78.1 Å². The molecule has 0 spiro atoms. The van der Waals surface area contributed by atoms with Crippen LogP contribution in [0.2, 0.25) is 0 Å². The van der Waals surface area contributed by atoms with Gasteiger partial charge in [0.25, 0.3) is 0 Å². The van der Waals surface area contributed by atoms with E-state index in [2.05, 4.69) is 5.10 Å². The van der Waals surface area contributed by atoms with Crippen LogP contribution in [0.3, 0.4) is 0 Å². The van der Waals surface area contributed by atoms with Gasteiger partial charge in [-0.25, -0.2) is 0 Å². The van der Waals surface area contributed by atoms with E-state index in [4.69, 9.17) is 0 Å². The molecule has 0 aliphatic carbocycles. The highest BCUT2D eigenvalue weighted by Crippen LogP contribution is 2.30. The van der Waals surface area contributed by atoms with Crippen molar-refractivity contribution in [1.29, 1.82) is 0 Å². The Hall–Kier alpha value is -0.650. The lowest BCUT2D eigenvalue weighted by molar-refractivity contribution is -0.141. The van der Waals surface area contributed by atoms with Gasteiger partial charge < -0.3 is 0 Å². The van der Waals surface area contributed by atoms with Crippen LogP contribution in [0.1, 0.15) is 12.6 Å². The summed E-state index contributed by atoms with van der Waals surface area (Å²) in [4.78, 5) is 0. The van der Waals surface area contributed by atoms with Gasteiger partial charge >= 0.3 is 6.18 Å². The zero-order valence-electron chi connectivity index (χ0n) is 7.22. The minimum Gasteiger partial charge on any atom is -0.259 e. The maximum atomic E-state index is 12.2. The number of rotatable bonds is 2. The largest absolute Gasteiger partial charge is 0.435 e. The smallest absolute Gasteiger partial charge is 0.259 e. The number of hydrogen-bond acceptors (Lipinski definition) is 2. The standard InChI is InChI=1S/C7H9F3N2S/c1-3-12-6(13-2)4-5(11-12)7(8,9)10/h4H,3H2,1-2H3. The maximum absolute atomic E-state index is 12.2. The van der Waals surface area contributed by atoms with Crippen molar-refractivity contribution in [2.24, 2.45) is 0 Å². The van der Waals surface area contributed by atoms with Crippen LogP contribution in [-0.2, 0) is 12.7 Å². The summed E-state index contributed by atoms with van der Waals surface area (Å²) in [6, 6.07) is 1.06. The summed E-state index contributed by atoms with van der Waals surface area (Å²) in [6.45, 7) is 2.21. The Kier molecular flexibility index (Phi) is 2.90. The van der Waals surface area contributed by atoms with Gasteiger partial charge in [0.2, 0.25) is 0 Å². The summed E-state index contributed by atoms with van der Waals surface area (Å²) in [5.41, 5.74) is -0.821. The van der Waals surface area contributed by atoms with Crippen molar-refractivity contribution in [2.75, 3.05) is 6.26 Å². The van der Waals surface area contributed by atoms with E-state index in [0.717, 1.165) is 6.07 Å². The summed E-state index contributed by atoms with van der Waals surface area (Å²) < 4.78 is 37.8. The van der Waals surface area contributed by atoms with Crippen LogP contribution in [0.15, 0.2) is 11.1 Å². The van der Waals surface area contributed by atoms with E-state index >= 15 is 0 Å². The molecule has 0 fully saturated rings. The summed E-state index contributed by atoms with van der Waals surface area (Å²) in [7, 11) is 0. The van der Waals surface area contributed by atoms with Gasteiger partial charge in [0.1, 0.15) is 0 Å². The number of thioether (sulfide) groups is 1. The van der Waals surface area contributed by atoms with Crippen molar-refractivity contribution in [2.45, 2.75) is 24.7 Å². The molecule has 13 heavy (non-hydrogen) atoms. The SMILES string of the molecule is CCn1nc(C(F)(F)F)cc1SC. The van der Waals surface area contributed by atoms with Gasteiger partial charge in [0.05, 0.1) is 5.03 Å². The predicted molar refractivity (Wildman–Crippen MR) is 44.7 cm³/mol. The predicted octanol–water partition coefficient (Wildman–Crippen LogP) is 2.64. The highest BCUT2D eigenvalue weighted by molar-refractivity contribution is 7.98. The molecule has 0 aliphatic heterocycles. The van der Waals surface area contributed by atoms with Crippen LogP contribution in [0, 0.1) is 0 Å². The van der Waals surface area contributed by atoms with Gasteiger partial charge in [0.15, 0.2) is 5.69 Å². The highest BCUT2D eigenvalue weighted by atomic mass is 32.2. The Morgan fingerprint density at radius 2 is 2.15 bits per heavy atom. The van der Waals surface area contributed by atoms with Crippen LogP contribution < -0.4 is 0 Å². The van der Waals surface area contributed by atoms with E-state index in [0.29, 0.717) is 11.6 Å². The second kappa shape index (κ2) is 3.61. The molecule has 0 atom stereocenters. The van der Waals surface area contributed by atoms with Crippen LogP contribution in [0.4, 0.5) is 13.2 Å². The summed E-state index contributed by atoms with van der Waals surface area (Å²) in [5.74, 6) is 0. The average Bonchev–Trinajstić information content (AvgIpc) is 2.45. The minimum atomic E-state index is -4.34. The first kappa shape index (κ1) is 10.4. The second-order valence-corrected chi connectivity index (χ2v) is 3.21. The van der Waals surface area contributed by atoms with Gasteiger partial charge in [-0.15, -0.1) is 11.8 Å². The fraction of sp³-hybridized carbons (Fsp3) is 0.571. The maximum Gasteiger partial charge on any atom is 0.435 e. The first-order valence-corrected chi connectivity index (χ1v) is 4.90. The zero-order valence-corrected chi connectivity index (χ0v) is 8.04. The molecule has 0 aromatic carbocycles. The van der Waals surface area contributed by atoms with E-state index in [9.17, 15) is 13.2 Å². The van der Waals surface area contributed by atoms with Gasteiger partial charge in [-0.3, -0.25) is 4.68 Å². The van der Waals surface area contributed by atoms with Gasteiger partial charge in [0, 0.05) is 12.6 Å².